The number of benzene rings is 1. The Bertz CT molecular complexity index is 975. The zero-order chi connectivity index (χ0) is 18.6. The Hall–Kier alpha value is -3.22. The topological polar surface area (TPSA) is 81.8 Å². The Morgan fingerprint density at radius 2 is 1.96 bits per heavy atom. The van der Waals surface area contributed by atoms with Gasteiger partial charge in [0.1, 0.15) is 6.54 Å². The lowest BCUT2D eigenvalue weighted by Gasteiger charge is -2.05. The van der Waals surface area contributed by atoms with Crippen molar-refractivity contribution in [1.82, 2.24) is 24.6 Å². The van der Waals surface area contributed by atoms with E-state index >= 15 is 0 Å². The zero-order valence-electron chi connectivity index (χ0n) is 14.9. The number of hydrogen-bond acceptors (Lipinski definition) is 4. The van der Waals surface area contributed by atoms with Crippen LogP contribution >= 0.6 is 0 Å². The fourth-order valence-electron chi connectivity index (χ4n) is 3.06. The number of nitrogens with zero attached hydrogens (tertiary/aromatic N) is 4. The van der Waals surface area contributed by atoms with Gasteiger partial charge in [-0.1, -0.05) is 30.3 Å². The molecule has 138 valence electrons. The van der Waals surface area contributed by atoms with Gasteiger partial charge in [-0.15, -0.1) is 5.10 Å². The molecule has 1 aliphatic carbocycles. The molecular weight excluding hydrogens is 342 g/mol. The quantitative estimate of drug-likeness (QED) is 0.694. The number of hydrogen-bond donors (Lipinski definition) is 1. The first-order valence-electron chi connectivity index (χ1n) is 9.13. The summed E-state index contributed by atoms with van der Waals surface area (Å²) in [4.78, 5) is 29.1. The largest absolute Gasteiger partial charge is 0.354 e. The third kappa shape index (κ3) is 3.97. The minimum Gasteiger partial charge on any atom is -0.354 e. The second kappa shape index (κ2) is 7.57. The first-order valence-corrected chi connectivity index (χ1v) is 9.13. The number of carbonyl (C=O) groups is 1. The van der Waals surface area contributed by atoms with Gasteiger partial charge in [-0.3, -0.25) is 14.3 Å². The van der Waals surface area contributed by atoms with Gasteiger partial charge in [-0.05, 0) is 37.0 Å². The van der Waals surface area contributed by atoms with E-state index in [0.29, 0.717) is 12.4 Å². The van der Waals surface area contributed by atoms with Crippen LogP contribution in [0.4, 0.5) is 0 Å². The Kier molecular flexibility index (Phi) is 4.82. The van der Waals surface area contributed by atoms with Crippen LogP contribution in [-0.4, -0.2) is 31.8 Å². The van der Waals surface area contributed by atoms with E-state index in [2.05, 4.69) is 15.4 Å². The number of pyridine rings is 1. The first kappa shape index (κ1) is 17.2. The molecule has 0 bridgehead atoms. The molecule has 4 rings (SSSR count). The van der Waals surface area contributed by atoms with Gasteiger partial charge in [0.15, 0.2) is 5.82 Å². The van der Waals surface area contributed by atoms with Crippen molar-refractivity contribution in [2.75, 3.05) is 6.54 Å². The van der Waals surface area contributed by atoms with E-state index in [1.807, 2.05) is 42.5 Å². The summed E-state index contributed by atoms with van der Waals surface area (Å²) in [5, 5.41) is 7.27. The molecule has 7 heteroatoms. The van der Waals surface area contributed by atoms with Crippen LogP contribution in [0, 0.1) is 0 Å². The minimum absolute atomic E-state index is 0.0827. The normalized spacial score (nSPS) is 13.5. The molecule has 0 radical (unpaired) electrons. The van der Waals surface area contributed by atoms with Gasteiger partial charge >= 0.3 is 5.69 Å². The Morgan fingerprint density at radius 3 is 2.67 bits per heavy atom. The molecule has 0 spiro atoms. The highest BCUT2D eigenvalue weighted by Gasteiger charge is 2.30. The van der Waals surface area contributed by atoms with Crippen LogP contribution in [0.25, 0.3) is 11.4 Å². The number of carbonyl (C=O) groups excluding carboxylic acids is 1. The Morgan fingerprint density at radius 1 is 1.15 bits per heavy atom. The fraction of sp³-hybridized carbons (Fsp3) is 0.300. The van der Waals surface area contributed by atoms with Crippen molar-refractivity contribution in [3.05, 3.63) is 70.9 Å². The summed E-state index contributed by atoms with van der Waals surface area (Å²) in [6.07, 6.45) is 6.04. The molecule has 0 atom stereocenters. The van der Waals surface area contributed by atoms with Crippen molar-refractivity contribution in [1.29, 1.82) is 0 Å². The molecule has 3 aromatic rings. The van der Waals surface area contributed by atoms with Crippen LogP contribution < -0.4 is 11.0 Å². The number of rotatable bonds is 7. The van der Waals surface area contributed by atoms with E-state index in [4.69, 9.17) is 0 Å². The molecule has 0 saturated heterocycles. The average molecular weight is 363 g/mol. The molecule has 2 aromatic heterocycles. The molecule has 0 unspecified atom stereocenters. The summed E-state index contributed by atoms with van der Waals surface area (Å²) in [6.45, 7) is 0.441. The van der Waals surface area contributed by atoms with Crippen LogP contribution in [0.1, 0.15) is 24.4 Å². The standard InChI is InChI=1S/C20H21N5O2/c26-18(22-12-10-15-5-2-1-3-6-15)14-24-20(27)25(17-8-9-17)19(23-24)16-7-4-11-21-13-16/h1-7,11,13,17H,8-10,12,14H2,(H,22,26). The van der Waals surface area contributed by atoms with Crippen molar-refractivity contribution in [2.24, 2.45) is 0 Å². The lowest BCUT2D eigenvalue weighted by Crippen LogP contribution is -2.34. The molecule has 2 heterocycles. The maximum absolute atomic E-state index is 12.7. The van der Waals surface area contributed by atoms with Crippen molar-refractivity contribution in [3.8, 4) is 11.4 Å². The van der Waals surface area contributed by atoms with E-state index in [0.717, 1.165) is 30.4 Å². The summed E-state index contributed by atoms with van der Waals surface area (Å²) in [5.74, 6) is 0.360. The molecule has 1 aromatic carbocycles. The van der Waals surface area contributed by atoms with Crippen molar-refractivity contribution >= 4 is 5.91 Å². The average Bonchev–Trinajstić information content (AvgIpc) is 3.48. The van der Waals surface area contributed by atoms with Gasteiger partial charge in [-0.25, -0.2) is 9.48 Å². The van der Waals surface area contributed by atoms with Crippen LogP contribution in [-0.2, 0) is 17.8 Å². The fourth-order valence-corrected chi connectivity index (χ4v) is 3.06. The predicted molar refractivity (Wildman–Crippen MR) is 101 cm³/mol. The van der Waals surface area contributed by atoms with E-state index in [-0.39, 0.29) is 24.2 Å². The highest BCUT2D eigenvalue weighted by atomic mass is 16.2. The van der Waals surface area contributed by atoms with Gasteiger partial charge in [0.05, 0.1) is 0 Å². The number of amides is 1. The van der Waals surface area contributed by atoms with Crippen LogP contribution in [0.2, 0.25) is 0 Å². The minimum atomic E-state index is -0.241. The van der Waals surface area contributed by atoms with Crippen molar-refractivity contribution < 1.29 is 4.79 Å². The number of aromatic nitrogens is 4. The van der Waals surface area contributed by atoms with Gasteiger partial charge in [-0.2, -0.15) is 0 Å². The predicted octanol–water partition coefficient (Wildman–Crippen LogP) is 1.80. The zero-order valence-corrected chi connectivity index (χ0v) is 14.9. The molecule has 1 aliphatic rings. The maximum atomic E-state index is 12.7. The summed E-state index contributed by atoms with van der Waals surface area (Å²) in [6, 6.07) is 13.8. The maximum Gasteiger partial charge on any atom is 0.346 e. The van der Waals surface area contributed by atoms with Gasteiger partial charge < -0.3 is 5.32 Å². The molecular formula is C20H21N5O2. The molecule has 0 aliphatic heterocycles. The summed E-state index contributed by atoms with van der Waals surface area (Å²) in [5.41, 5.74) is 1.70. The Balaban J connectivity index is 1.46. The van der Waals surface area contributed by atoms with Crippen LogP contribution in [0.5, 0.6) is 0 Å². The lowest BCUT2D eigenvalue weighted by atomic mass is 10.1. The molecule has 27 heavy (non-hydrogen) atoms. The molecule has 1 fully saturated rings. The third-order valence-electron chi connectivity index (χ3n) is 4.57. The van der Waals surface area contributed by atoms with E-state index in [1.54, 1.807) is 17.0 Å². The second-order valence-electron chi connectivity index (χ2n) is 6.69. The molecule has 1 N–H and O–H groups in total. The highest BCUT2D eigenvalue weighted by Crippen LogP contribution is 2.36. The molecule has 7 nitrogen and oxygen atoms in total. The van der Waals surface area contributed by atoms with E-state index < -0.39 is 0 Å². The van der Waals surface area contributed by atoms with Gasteiger partial charge in [0.2, 0.25) is 5.91 Å². The third-order valence-corrected chi connectivity index (χ3v) is 4.57. The summed E-state index contributed by atoms with van der Waals surface area (Å²) in [7, 11) is 0. The SMILES string of the molecule is O=C(Cn1nc(-c2cccnc2)n(C2CC2)c1=O)NCCc1ccccc1. The lowest BCUT2D eigenvalue weighted by molar-refractivity contribution is -0.121. The van der Waals surface area contributed by atoms with Crippen molar-refractivity contribution in [3.63, 3.8) is 0 Å². The molecule has 1 amide bonds. The molecule has 1 saturated carbocycles. The van der Waals surface area contributed by atoms with E-state index in [1.165, 1.54) is 4.68 Å². The van der Waals surface area contributed by atoms with Gasteiger partial charge in [0.25, 0.3) is 0 Å². The second-order valence-corrected chi connectivity index (χ2v) is 6.69. The highest BCUT2D eigenvalue weighted by molar-refractivity contribution is 5.75. The summed E-state index contributed by atoms with van der Waals surface area (Å²) >= 11 is 0. The Labute approximate surface area is 156 Å². The van der Waals surface area contributed by atoms with Crippen LogP contribution in [0.15, 0.2) is 59.7 Å². The van der Waals surface area contributed by atoms with E-state index in [9.17, 15) is 9.59 Å². The smallest absolute Gasteiger partial charge is 0.346 e. The van der Waals surface area contributed by atoms with Crippen molar-refractivity contribution in [2.45, 2.75) is 31.8 Å². The van der Waals surface area contributed by atoms with Crippen LogP contribution in [0.3, 0.4) is 0 Å². The monoisotopic (exact) mass is 363 g/mol. The summed E-state index contributed by atoms with van der Waals surface area (Å²) < 4.78 is 2.94. The van der Waals surface area contributed by atoms with Gasteiger partial charge in [0, 0.05) is 30.5 Å². The first-order chi connectivity index (χ1) is 13.2. The number of nitrogens with one attached hydrogen (secondary N) is 1.